The fourth-order valence-corrected chi connectivity index (χ4v) is 1.30. The van der Waals surface area contributed by atoms with E-state index >= 15 is 0 Å². The molecule has 2 heteroatoms. The lowest BCUT2D eigenvalue weighted by atomic mass is 10.1. The minimum absolute atomic E-state index is 0.769. The Hall–Kier alpha value is -0.0800. The van der Waals surface area contributed by atoms with Crippen LogP contribution in [-0.2, 0) is 0 Å². The molecule has 2 nitrogen and oxygen atoms in total. The Morgan fingerprint density at radius 2 is 1.08 bits per heavy atom. The minimum atomic E-state index is 0.769. The van der Waals surface area contributed by atoms with Gasteiger partial charge in [-0.3, -0.25) is 0 Å². The molecule has 0 amide bonds. The van der Waals surface area contributed by atoms with E-state index in [0.717, 1.165) is 5.92 Å². The first-order chi connectivity index (χ1) is 5.52. The van der Waals surface area contributed by atoms with Gasteiger partial charge < -0.3 is 9.80 Å². The predicted octanol–water partition coefficient (Wildman–Crippen LogP) is 1.77. The quantitative estimate of drug-likeness (QED) is 0.641. The van der Waals surface area contributed by atoms with E-state index in [9.17, 15) is 0 Å². The van der Waals surface area contributed by atoms with Crippen LogP contribution in [-0.4, -0.2) is 51.1 Å². The average molecular weight is 174 g/mol. The number of hydrogen-bond acceptors (Lipinski definition) is 2. The average Bonchev–Trinajstić information content (AvgIpc) is 1.87. The summed E-state index contributed by atoms with van der Waals surface area (Å²) in [6, 6.07) is 0. The van der Waals surface area contributed by atoms with Crippen LogP contribution < -0.4 is 0 Å². The predicted molar refractivity (Wildman–Crippen MR) is 57.6 cm³/mol. The molecular formula is C10H26N2. The van der Waals surface area contributed by atoms with Crippen LogP contribution in [0.3, 0.4) is 0 Å². The summed E-state index contributed by atoms with van der Waals surface area (Å²) in [5.41, 5.74) is 0. The van der Waals surface area contributed by atoms with Gasteiger partial charge in [-0.15, -0.1) is 0 Å². The van der Waals surface area contributed by atoms with Crippen molar-refractivity contribution in [3.05, 3.63) is 0 Å². The van der Waals surface area contributed by atoms with Crippen LogP contribution in [0, 0.1) is 5.92 Å². The SMILES string of the molecule is CC.CC(CN(C)C)CN(C)C. The Labute approximate surface area is 78.5 Å². The highest BCUT2D eigenvalue weighted by molar-refractivity contribution is 4.58. The third-order valence-electron chi connectivity index (χ3n) is 1.35. The highest BCUT2D eigenvalue weighted by Crippen LogP contribution is 1.96. The van der Waals surface area contributed by atoms with Crippen molar-refractivity contribution in [1.82, 2.24) is 9.80 Å². The van der Waals surface area contributed by atoms with Crippen molar-refractivity contribution in [3.8, 4) is 0 Å². The maximum Gasteiger partial charge on any atom is 0.00131 e. The van der Waals surface area contributed by atoms with Crippen LogP contribution in [0.15, 0.2) is 0 Å². The van der Waals surface area contributed by atoms with Crippen molar-refractivity contribution in [1.29, 1.82) is 0 Å². The van der Waals surface area contributed by atoms with Crippen LogP contribution in [0.5, 0.6) is 0 Å². The van der Waals surface area contributed by atoms with E-state index in [0.29, 0.717) is 0 Å². The van der Waals surface area contributed by atoms with E-state index < -0.39 is 0 Å². The molecule has 0 heterocycles. The molecule has 0 N–H and O–H groups in total. The fourth-order valence-electron chi connectivity index (χ4n) is 1.30. The molecule has 0 aromatic rings. The van der Waals surface area contributed by atoms with Crippen LogP contribution in [0.25, 0.3) is 0 Å². The lowest BCUT2D eigenvalue weighted by Crippen LogP contribution is -2.28. The van der Waals surface area contributed by atoms with E-state index in [4.69, 9.17) is 0 Å². The summed E-state index contributed by atoms with van der Waals surface area (Å²) in [5, 5.41) is 0. The zero-order valence-corrected chi connectivity index (χ0v) is 9.89. The molecule has 0 saturated carbocycles. The molecule has 0 aliphatic rings. The van der Waals surface area contributed by atoms with Gasteiger partial charge in [0.15, 0.2) is 0 Å². The van der Waals surface area contributed by atoms with Gasteiger partial charge in [0, 0.05) is 13.1 Å². The fraction of sp³-hybridized carbons (Fsp3) is 1.00. The number of nitrogens with zero attached hydrogens (tertiary/aromatic N) is 2. The molecule has 0 unspecified atom stereocenters. The summed E-state index contributed by atoms with van der Waals surface area (Å²) in [5.74, 6) is 0.769. The summed E-state index contributed by atoms with van der Waals surface area (Å²) >= 11 is 0. The highest BCUT2D eigenvalue weighted by Gasteiger charge is 2.03. The second kappa shape index (κ2) is 9.01. The summed E-state index contributed by atoms with van der Waals surface area (Å²) < 4.78 is 0. The van der Waals surface area contributed by atoms with E-state index in [-0.39, 0.29) is 0 Å². The topological polar surface area (TPSA) is 6.48 Å². The first-order valence-electron chi connectivity index (χ1n) is 4.82. The Morgan fingerprint density at radius 1 is 0.833 bits per heavy atom. The summed E-state index contributed by atoms with van der Waals surface area (Å²) in [6.07, 6.45) is 0. The highest BCUT2D eigenvalue weighted by atomic mass is 15.1. The van der Waals surface area contributed by atoms with Gasteiger partial charge >= 0.3 is 0 Å². The Bertz CT molecular complexity index is 69.9. The first kappa shape index (κ1) is 14.4. The van der Waals surface area contributed by atoms with Gasteiger partial charge in [0.2, 0.25) is 0 Å². The van der Waals surface area contributed by atoms with Crippen molar-refractivity contribution in [3.63, 3.8) is 0 Å². The van der Waals surface area contributed by atoms with Crippen molar-refractivity contribution in [2.45, 2.75) is 20.8 Å². The molecule has 0 aromatic carbocycles. The molecule has 0 aromatic heterocycles. The molecule has 0 rings (SSSR count). The zero-order valence-electron chi connectivity index (χ0n) is 9.89. The van der Waals surface area contributed by atoms with Crippen LogP contribution in [0.1, 0.15) is 20.8 Å². The van der Waals surface area contributed by atoms with Gasteiger partial charge in [0.05, 0.1) is 0 Å². The summed E-state index contributed by atoms with van der Waals surface area (Å²) in [7, 11) is 8.47. The second-order valence-corrected chi connectivity index (χ2v) is 3.63. The molecule has 12 heavy (non-hydrogen) atoms. The molecule has 0 atom stereocenters. The Morgan fingerprint density at radius 3 is 1.25 bits per heavy atom. The molecule has 0 aliphatic carbocycles. The monoisotopic (exact) mass is 174 g/mol. The van der Waals surface area contributed by atoms with E-state index in [1.807, 2.05) is 13.8 Å². The maximum absolute atomic E-state index is 2.28. The van der Waals surface area contributed by atoms with Crippen LogP contribution in [0.4, 0.5) is 0 Å². The normalized spacial score (nSPS) is 10.5. The zero-order chi connectivity index (χ0) is 10.1. The third-order valence-corrected chi connectivity index (χ3v) is 1.35. The van der Waals surface area contributed by atoms with Crippen molar-refractivity contribution in [2.75, 3.05) is 41.3 Å². The van der Waals surface area contributed by atoms with E-state index in [2.05, 4.69) is 44.9 Å². The Balaban J connectivity index is 0. The molecule has 0 saturated heterocycles. The third kappa shape index (κ3) is 12.6. The van der Waals surface area contributed by atoms with E-state index in [1.165, 1.54) is 13.1 Å². The van der Waals surface area contributed by atoms with Crippen LogP contribution >= 0.6 is 0 Å². The second-order valence-electron chi connectivity index (χ2n) is 3.63. The van der Waals surface area contributed by atoms with Gasteiger partial charge in [0.25, 0.3) is 0 Å². The lowest BCUT2D eigenvalue weighted by Gasteiger charge is -2.20. The van der Waals surface area contributed by atoms with Crippen LogP contribution in [0.2, 0.25) is 0 Å². The first-order valence-corrected chi connectivity index (χ1v) is 4.82. The standard InChI is InChI=1S/C8H20N2.C2H6/c1-8(6-9(2)3)7-10(4)5;1-2/h8H,6-7H2,1-5H3;1-2H3. The molecular weight excluding hydrogens is 148 g/mol. The molecule has 76 valence electrons. The van der Waals surface area contributed by atoms with E-state index in [1.54, 1.807) is 0 Å². The molecule has 0 radical (unpaired) electrons. The van der Waals surface area contributed by atoms with Crippen molar-refractivity contribution >= 4 is 0 Å². The van der Waals surface area contributed by atoms with Gasteiger partial charge in [0.1, 0.15) is 0 Å². The van der Waals surface area contributed by atoms with Crippen molar-refractivity contribution < 1.29 is 0 Å². The largest absolute Gasteiger partial charge is 0.309 e. The van der Waals surface area contributed by atoms with Gasteiger partial charge in [-0.2, -0.15) is 0 Å². The molecule has 0 bridgehead atoms. The van der Waals surface area contributed by atoms with Gasteiger partial charge in [-0.05, 0) is 34.1 Å². The Kier molecular flexibility index (Phi) is 10.8. The molecule has 0 aliphatic heterocycles. The maximum atomic E-state index is 2.28. The van der Waals surface area contributed by atoms with Crippen molar-refractivity contribution in [2.24, 2.45) is 5.92 Å². The van der Waals surface area contributed by atoms with Gasteiger partial charge in [-0.1, -0.05) is 20.8 Å². The lowest BCUT2D eigenvalue weighted by molar-refractivity contribution is 0.273. The summed E-state index contributed by atoms with van der Waals surface area (Å²) in [6.45, 7) is 8.64. The molecule has 0 spiro atoms. The minimum Gasteiger partial charge on any atom is -0.309 e. The summed E-state index contributed by atoms with van der Waals surface area (Å²) in [4.78, 5) is 4.46. The molecule has 0 fully saturated rings. The number of hydrogen-bond donors (Lipinski definition) is 0. The number of rotatable bonds is 4. The smallest absolute Gasteiger partial charge is 0.00131 e. The van der Waals surface area contributed by atoms with Gasteiger partial charge in [-0.25, -0.2) is 0 Å².